The van der Waals surface area contributed by atoms with Gasteiger partial charge in [-0.1, -0.05) is 40.2 Å². The van der Waals surface area contributed by atoms with Crippen molar-refractivity contribution in [2.24, 2.45) is 0 Å². The summed E-state index contributed by atoms with van der Waals surface area (Å²) in [6.07, 6.45) is -2.86. The molecule has 4 rings (SSSR count). The lowest BCUT2D eigenvalue weighted by atomic mass is 9.75. The average Bonchev–Trinajstić information content (AvgIpc) is 2.72. The van der Waals surface area contributed by atoms with Crippen LogP contribution in [0.5, 0.6) is 0 Å². The molecule has 1 heterocycles. The SMILES string of the molecule is CC1=C(C(=O)Nc2ccccc2C(F)(F)F)[C@@H](c2cccc(Br)c2)C2=C(CCCC2=O)N1. The van der Waals surface area contributed by atoms with Gasteiger partial charge in [0.25, 0.3) is 5.91 Å². The van der Waals surface area contributed by atoms with Crippen LogP contribution in [-0.4, -0.2) is 11.7 Å². The number of halogens is 4. The predicted molar refractivity (Wildman–Crippen MR) is 119 cm³/mol. The van der Waals surface area contributed by atoms with Crippen LogP contribution in [0.2, 0.25) is 0 Å². The Bertz CT molecular complexity index is 1170. The topological polar surface area (TPSA) is 58.2 Å². The molecule has 0 spiro atoms. The van der Waals surface area contributed by atoms with E-state index in [9.17, 15) is 22.8 Å². The fourth-order valence-corrected chi connectivity index (χ4v) is 4.75. The third-order valence-electron chi connectivity index (χ3n) is 5.68. The Kier molecular flexibility index (Phi) is 5.99. The number of para-hydroxylation sites is 1. The minimum Gasteiger partial charge on any atom is -0.362 e. The fourth-order valence-electron chi connectivity index (χ4n) is 4.33. The summed E-state index contributed by atoms with van der Waals surface area (Å²) in [5.41, 5.74) is 1.50. The smallest absolute Gasteiger partial charge is 0.362 e. The van der Waals surface area contributed by atoms with Crippen molar-refractivity contribution in [2.45, 2.75) is 38.3 Å². The van der Waals surface area contributed by atoms with Crippen molar-refractivity contribution >= 4 is 33.3 Å². The van der Waals surface area contributed by atoms with E-state index in [0.29, 0.717) is 30.5 Å². The van der Waals surface area contributed by atoms with E-state index in [4.69, 9.17) is 0 Å². The second kappa shape index (κ2) is 8.58. The maximum Gasteiger partial charge on any atom is 0.418 e. The Labute approximate surface area is 191 Å². The quantitative estimate of drug-likeness (QED) is 0.532. The highest BCUT2D eigenvalue weighted by Crippen LogP contribution is 2.43. The summed E-state index contributed by atoms with van der Waals surface area (Å²) in [6.45, 7) is 1.71. The van der Waals surface area contributed by atoms with E-state index in [1.807, 2.05) is 18.2 Å². The van der Waals surface area contributed by atoms with Crippen LogP contribution in [0.1, 0.15) is 43.2 Å². The van der Waals surface area contributed by atoms with Crippen molar-refractivity contribution < 1.29 is 22.8 Å². The molecule has 2 N–H and O–H groups in total. The summed E-state index contributed by atoms with van der Waals surface area (Å²) in [7, 11) is 0. The van der Waals surface area contributed by atoms with Crippen molar-refractivity contribution in [2.75, 3.05) is 5.32 Å². The predicted octanol–water partition coefficient (Wildman–Crippen LogP) is 6.07. The van der Waals surface area contributed by atoms with Gasteiger partial charge in [0.05, 0.1) is 11.3 Å². The molecule has 32 heavy (non-hydrogen) atoms. The number of dihydropyridines is 1. The van der Waals surface area contributed by atoms with Gasteiger partial charge in [-0.25, -0.2) is 0 Å². The second-order valence-electron chi connectivity index (χ2n) is 7.82. The standard InChI is InChI=1S/C24H20BrF3N2O2/c1-13-20(23(32)30-17-9-3-2-8-16(17)24(26,27)28)21(14-6-4-7-15(25)12-14)22-18(29-13)10-5-11-19(22)31/h2-4,6-9,12,21,29H,5,10-11H2,1H3,(H,30,32)/t21-/m1/s1. The molecule has 2 aromatic rings. The summed E-state index contributed by atoms with van der Waals surface area (Å²) < 4.78 is 41.1. The average molecular weight is 505 g/mol. The first-order chi connectivity index (χ1) is 15.2. The van der Waals surface area contributed by atoms with E-state index >= 15 is 0 Å². The number of benzene rings is 2. The monoisotopic (exact) mass is 504 g/mol. The Hall–Kier alpha value is -2.87. The molecular weight excluding hydrogens is 485 g/mol. The molecule has 1 amide bonds. The number of nitrogens with one attached hydrogen (secondary N) is 2. The molecular formula is C24H20BrF3N2O2. The number of Topliss-reactive ketones (excluding diaryl/α,β-unsaturated/α-hetero) is 1. The minimum absolute atomic E-state index is 0.0581. The molecule has 1 aliphatic carbocycles. The molecule has 166 valence electrons. The van der Waals surface area contributed by atoms with Gasteiger partial charge in [0.2, 0.25) is 0 Å². The van der Waals surface area contributed by atoms with Crippen molar-refractivity contribution in [1.29, 1.82) is 0 Å². The molecule has 0 saturated carbocycles. The number of allylic oxidation sites excluding steroid dienone is 3. The molecule has 8 heteroatoms. The van der Waals surface area contributed by atoms with Crippen molar-refractivity contribution in [3.8, 4) is 0 Å². The van der Waals surface area contributed by atoms with E-state index in [0.717, 1.165) is 21.8 Å². The second-order valence-corrected chi connectivity index (χ2v) is 8.73. The summed E-state index contributed by atoms with van der Waals surface area (Å²) in [5.74, 6) is -1.41. The van der Waals surface area contributed by atoms with Crippen LogP contribution in [0.3, 0.4) is 0 Å². The molecule has 0 aromatic heterocycles. The number of anilines is 1. The van der Waals surface area contributed by atoms with Crippen molar-refractivity contribution in [1.82, 2.24) is 5.32 Å². The molecule has 1 aliphatic heterocycles. The largest absolute Gasteiger partial charge is 0.418 e. The number of rotatable bonds is 3. The zero-order chi connectivity index (χ0) is 23.0. The number of hydrogen-bond acceptors (Lipinski definition) is 3. The summed E-state index contributed by atoms with van der Waals surface area (Å²) in [5, 5.41) is 5.61. The van der Waals surface area contributed by atoms with E-state index in [1.165, 1.54) is 18.2 Å². The van der Waals surface area contributed by atoms with E-state index in [-0.39, 0.29) is 17.0 Å². The maximum absolute atomic E-state index is 13.4. The zero-order valence-electron chi connectivity index (χ0n) is 17.1. The van der Waals surface area contributed by atoms with Crippen LogP contribution >= 0.6 is 15.9 Å². The Morgan fingerprint density at radius 1 is 1.12 bits per heavy atom. The third-order valence-corrected chi connectivity index (χ3v) is 6.18. The number of hydrogen-bond donors (Lipinski definition) is 2. The molecule has 0 saturated heterocycles. The van der Waals surface area contributed by atoms with Gasteiger partial charge in [0.1, 0.15) is 0 Å². The molecule has 4 nitrogen and oxygen atoms in total. The lowest BCUT2D eigenvalue weighted by Crippen LogP contribution is -2.35. The summed E-state index contributed by atoms with van der Waals surface area (Å²) in [4.78, 5) is 26.3. The van der Waals surface area contributed by atoms with Crippen LogP contribution < -0.4 is 10.6 Å². The van der Waals surface area contributed by atoms with Gasteiger partial charge in [0.15, 0.2) is 5.78 Å². The normalized spacial score (nSPS) is 18.9. The zero-order valence-corrected chi connectivity index (χ0v) is 18.7. The number of alkyl halides is 3. The van der Waals surface area contributed by atoms with Gasteiger partial charge in [-0.05, 0) is 49.6 Å². The summed E-state index contributed by atoms with van der Waals surface area (Å²) >= 11 is 3.43. The molecule has 0 fully saturated rings. The van der Waals surface area contributed by atoms with Crippen LogP contribution in [0.25, 0.3) is 0 Å². The lowest BCUT2D eigenvalue weighted by Gasteiger charge is -2.34. The third kappa shape index (κ3) is 4.24. The lowest BCUT2D eigenvalue weighted by molar-refractivity contribution is -0.137. The van der Waals surface area contributed by atoms with Crippen molar-refractivity contribution in [3.63, 3.8) is 0 Å². The van der Waals surface area contributed by atoms with Crippen LogP contribution in [0.15, 0.2) is 75.5 Å². The van der Waals surface area contributed by atoms with Gasteiger partial charge in [-0.15, -0.1) is 0 Å². The number of carbonyl (C=O) groups is 2. The van der Waals surface area contributed by atoms with Gasteiger partial charge >= 0.3 is 6.18 Å². The van der Waals surface area contributed by atoms with Crippen LogP contribution in [0.4, 0.5) is 18.9 Å². The van der Waals surface area contributed by atoms with Gasteiger partial charge in [-0.3, -0.25) is 9.59 Å². The molecule has 0 unspecified atom stereocenters. The Morgan fingerprint density at radius 3 is 2.59 bits per heavy atom. The summed E-state index contributed by atoms with van der Waals surface area (Å²) in [6, 6.07) is 12.1. The molecule has 0 radical (unpaired) electrons. The first-order valence-electron chi connectivity index (χ1n) is 10.1. The number of carbonyl (C=O) groups excluding carboxylic acids is 2. The highest BCUT2D eigenvalue weighted by Gasteiger charge is 2.39. The fraction of sp³-hybridized carbons (Fsp3) is 0.250. The molecule has 2 aliphatic rings. The Balaban J connectivity index is 1.80. The van der Waals surface area contributed by atoms with Gasteiger partial charge in [0, 0.05) is 39.4 Å². The van der Waals surface area contributed by atoms with E-state index in [1.54, 1.807) is 13.0 Å². The molecule has 1 atom stereocenters. The minimum atomic E-state index is -4.61. The maximum atomic E-state index is 13.4. The van der Waals surface area contributed by atoms with Crippen LogP contribution in [0, 0.1) is 0 Å². The molecule has 2 aromatic carbocycles. The van der Waals surface area contributed by atoms with Gasteiger partial charge in [-0.2, -0.15) is 13.2 Å². The molecule has 0 bridgehead atoms. The van der Waals surface area contributed by atoms with Crippen LogP contribution in [-0.2, 0) is 15.8 Å². The first kappa shape index (κ1) is 22.3. The van der Waals surface area contributed by atoms with Gasteiger partial charge < -0.3 is 10.6 Å². The number of ketones is 1. The Morgan fingerprint density at radius 2 is 1.88 bits per heavy atom. The van der Waals surface area contributed by atoms with E-state index < -0.39 is 23.6 Å². The first-order valence-corrected chi connectivity index (χ1v) is 10.9. The van der Waals surface area contributed by atoms with E-state index in [2.05, 4.69) is 26.6 Å². The number of amides is 1. The van der Waals surface area contributed by atoms with Crippen molar-refractivity contribution in [3.05, 3.63) is 86.7 Å². The highest BCUT2D eigenvalue weighted by atomic mass is 79.9. The highest BCUT2D eigenvalue weighted by molar-refractivity contribution is 9.10.